The van der Waals surface area contributed by atoms with Crippen LogP contribution >= 0.6 is 0 Å². The van der Waals surface area contributed by atoms with Gasteiger partial charge in [-0.2, -0.15) is 0 Å². The van der Waals surface area contributed by atoms with E-state index in [1.54, 1.807) is 6.92 Å². The maximum absolute atomic E-state index is 11.7. The van der Waals surface area contributed by atoms with Gasteiger partial charge in [0.25, 0.3) is 0 Å². The van der Waals surface area contributed by atoms with Crippen molar-refractivity contribution in [2.24, 2.45) is 5.73 Å². The number of nitrogens with one attached hydrogen (secondary N) is 1. The van der Waals surface area contributed by atoms with E-state index in [0.29, 0.717) is 12.1 Å². The average Bonchev–Trinajstić information content (AvgIpc) is 2.28. The lowest BCUT2D eigenvalue weighted by atomic mass is 9.88. The first-order chi connectivity index (χ1) is 7.93. The lowest BCUT2D eigenvalue weighted by Crippen LogP contribution is -2.56. The smallest absolute Gasteiger partial charge is 0.236 e. The van der Waals surface area contributed by atoms with Gasteiger partial charge in [0.05, 0.1) is 6.04 Å². The van der Waals surface area contributed by atoms with Gasteiger partial charge in [0.15, 0.2) is 0 Å². The van der Waals surface area contributed by atoms with Crippen molar-refractivity contribution in [2.45, 2.75) is 70.6 Å². The molecule has 0 aromatic heterocycles. The van der Waals surface area contributed by atoms with Crippen molar-refractivity contribution in [1.29, 1.82) is 0 Å². The monoisotopic (exact) mass is 241 g/mol. The van der Waals surface area contributed by atoms with Crippen molar-refractivity contribution in [3.8, 4) is 0 Å². The Morgan fingerprint density at radius 2 is 1.88 bits per heavy atom. The maximum atomic E-state index is 11.7. The molecule has 1 rings (SSSR count). The number of rotatable bonds is 4. The van der Waals surface area contributed by atoms with Crippen LogP contribution in [-0.4, -0.2) is 42.0 Å². The molecule has 0 spiro atoms. The van der Waals surface area contributed by atoms with Crippen LogP contribution in [0.25, 0.3) is 0 Å². The molecule has 1 saturated carbocycles. The number of hydrogen-bond acceptors (Lipinski definition) is 3. The summed E-state index contributed by atoms with van der Waals surface area (Å²) in [4.78, 5) is 14.1. The minimum atomic E-state index is -0.415. The predicted molar refractivity (Wildman–Crippen MR) is 70.7 cm³/mol. The number of carbonyl (C=O) groups is 1. The van der Waals surface area contributed by atoms with Gasteiger partial charge < -0.3 is 11.1 Å². The Morgan fingerprint density at radius 1 is 1.29 bits per heavy atom. The third-order valence-corrected chi connectivity index (χ3v) is 3.81. The first-order valence-electron chi connectivity index (χ1n) is 6.71. The molecular weight excluding hydrogens is 214 g/mol. The van der Waals surface area contributed by atoms with Crippen LogP contribution in [0.3, 0.4) is 0 Å². The zero-order valence-electron chi connectivity index (χ0n) is 11.6. The predicted octanol–water partition coefficient (Wildman–Crippen LogP) is 1.10. The molecule has 0 aromatic rings. The van der Waals surface area contributed by atoms with E-state index in [9.17, 15) is 4.79 Å². The number of nitrogens with zero attached hydrogens (tertiary/aromatic N) is 1. The number of carbonyl (C=O) groups excluding carboxylic acids is 1. The molecule has 0 radical (unpaired) electrons. The van der Waals surface area contributed by atoms with Crippen molar-refractivity contribution in [3.63, 3.8) is 0 Å². The summed E-state index contributed by atoms with van der Waals surface area (Å²) in [5.74, 6) is -0.0287. The highest BCUT2D eigenvalue weighted by atomic mass is 16.2. The number of amides is 1. The van der Waals surface area contributed by atoms with E-state index in [0.717, 1.165) is 6.42 Å². The fourth-order valence-electron chi connectivity index (χ4n) is 2.46. The Hall–Kier alpha value is -0.610. The van der Waals surface area contributed by atoms with Gasteiger partial charge in [-0.3, -0.25) is 9.69 Å². The standard InChI is InChI=1S/C13H27N3O/c1-9(2)16(4)12-8-6-5-7-11(12)15-13(17)10(3)14/h9-12H,5-8,14H2,1-4H3,(H,15,17)/t10-,11-,12-/m0/s1. The van der Waals surface area contributed by atoms with E-state index in [1.165, 1.54) is 19.3 Å². The largest absolute Gasteiger partial charge is 0.350 e. The van der Waals surface area contributed by atoms with Gasteiger partial charge in [-0.25, -0.2) is 0 Å². The quantitative estimate of drug-likeness (QED) is 0.775. The highest BCUT2D eigenvalue weighted by molar-refractivity contribution is 5.81. The van der Waals surface area contributed by atoms with Crippen molar-refractivity contribution in [1.82, 2.24) is 10.2 Å². The van der Waals surface area contributed by atoms with Crippen LogP contribution in [0.5, 0.6) is 0 Å². The van der Waals surface area contributed by atoms with Crippen molar-refractivity contribution in [3.05, 3.63) is 0 Å². The van der Waals surface area contributed by atoms with Crippen molar-refractivity contribution >= 4 is 5.91 Å². The molecule has 0 aromatic carbocycles. The van der Waals surface area contributed by atoms with Crippen LogP contribution in [-0.2, 0) is 4.79 Å². The van der Waals surface area contributed by atoms with Gasteiger partial charge in [0.2, 0.25) is 5.91 Å². The average molecular weight is 241 g/mol. The second kappa shape index (κ2) is 6.36. The summed E-state index contributed by atoms with van der Waals surface area (Å²) in [6.45, 7) is 6.12. The summed E-state index contributed by atoms with van der Waals surface area (Å²) in [5.41, 5.74) is 5.61. The molecule has 0 unspecified atom stereocenters. The Morgan fingerprint density at radius 3 is 2.41 bits per heavy atom. The van der Waals surface area contributed by atoms with Crippen LogP contribution in [0.1, 0.15) is 46.5 Å². The second-order valence-corrected chi connectivity index (χ2v) is 5.51. The molecule has 1 fully saturated rings. The van der Waals surface area contributed by atoms with Crippen LogP contribution in [0, 0.1) is 0 Å². The molecular formula is C13H27N3O. The number of nitrogens with two attached hydrogens (primary N) is 1. The van der Waals surface area contributed by atoms with Crippen LogP contribution in [0.4, 0.5) is 0 Å². The minimum Gasteiger partial charge on any atom is -0.350 e. The molecule has 0 bridgehead atoms. The first-order valence-corrected chi connectivity index (χ1v) is 6.71. The topological polar surface area (TPSA) is 58.4 Å². The minimum absolute atomic E-state index is 0.0287. The molecule has 0 aliphatic heterocycles. The maximum Gasteiger partial charge on any atom is 0.236 e. The summed E-state index contributed by atoms with van der Waals surface area (Å²) in [6, 6.07) is 0.802. The van der Waals surface area contributed by atoms with Gasteiger partial charge in [-0.05, 0) is 40.7 Å². The summed E-state index contributed by atoms with van der Waals surface area (Å²) >= 11 is 0. The summed E-state index contributed by atoms with van der Waals surface area (Å²) in [5, 5.41) is 3.10. The fourth-order valence-corrected chi connectivity index (χ4v) is 2.46. The molecule has 17 heavy (non-hydrogen) atoms. The van der Waals surface area contributed by atoms with Gasteiger partial charge in [0, 0.05) is 18.1 Å². The fraction of sp³-hybridized carbons (Fsp3) is 0.923. The molecule has 4 nitrogen and oxygen atoms in total. The van der Waals surface area contributed by atoms with Crippen LogP contribution in [0.2, 0.25) is 0 Å². The zero-order valence-corrected chi connectivity index (χ0v) is 11.6. The third-order valence-electron chi connectivity index (χ3n) is 3.81. The normalized spacial score (nSPS) is 27.2. The van der Waals surface area contributed by atoms with Crippen LogP contribution in [0.15, 0.2) is 0 Å². The van der Waals surface area contributed by atoms with Gasteiger partial charge in [-0.15, -0.1) is 0 Å². The van der Waals surface area contributed by atoms with Crippen molar-refractivity contribution in [2.75, 3.05) is 7.05 Å². The molecule has 1 aliphatic carbocycles. The van der Waals surface area contributed by atoms with Gasteiger partial charge >= 0.3 is 0 Å². The van der Waals surface area contributed by atoms with E-state index in [1.807, 2.05) is 0 Å². The van der Waals surface area contributed by atoms with E-state index in [4.69, 9.17) is 5.73 Å². The lowest BCUT2D eigenvalue weighted by molar-refractivity contribution is -0.123. The molecule has 0 heterocycles. The van der Waals surface area contributed by atoms with Crippen molar-refractivity contribution < 1.29 is 4.79 Å². The van der Waals surface area contributed by atoms with Gasteiger partial charge in [-0.1, -0.05) is 12.8 Å². The highest BCUT2D eigenvalue weighted by Gasteiger charge is 2.30. The molecule has 1 amide bonds. The Balaban J connectivity index is 2.62. The Labute approximate surface area is 105 Å². The molecule has 3 atom stereocenters. The summed E-state index contributed by atoms with van der Waals surface area (Å²) < 4.78 is 0. The van der Waals surface area contributed by atoms with E-state index >= 15 is 0 Å². The second-order valence-electron chi connectivity index (χ2n) is 5.51. The highest BCUT2D eigenvalue weighted by Crippen LogP contribution is 2.23. The number of likely N-dealkylation sites (N-methyl/N-ethyl adjacent to an activating group) is 1. The molecule has 100 valence electrons. The lowest BCUT2D eigenvalue weighted by Gasteiger charge is -2.40. The Bertz CT molecular complexity index is 253. The Kier molecular flexibility index (Phi) is 5.40. The zero-order chi connectivity index (χ0) is 13.0. The SMILES string of the molecule is CC(C)N(C)[C@H]1CCCC[C@@H]1NC(=O)[C@H](C)N. The first kappa shape index (κ1) is 14.5. The van der Waals surface area contributed by atoms with E-state index < -0.39 is 6.04 Å². The van der Waals surface area contributed by atoms with Crippen LogP contribution < -0.4 is 11.1 Å². The summed E-state index contributed by atoms with van der Waals surface area (Å²) in [6.07, 6.45) is 4.69. The van der Waals surface area contributed by atoms with Gasteiger partial charge in [0.1, 0.15) is 0 Å². The third kappa shape index (κ3) is 3.96. The summed E-state index contributed by atoms with van der Waals surface area (Å²) in [7, 11) is 2.14. The number of hydrogen-bond donors (Lipinski definition) is 2. The molecule has 3 N–H and O–H groups in total. The molecule has 4 heteroatoms. The van der Waals surface area contributed by atoms with E-state index in [2.05, 4.69) is 31.1 Å². The van der Waals surface area contributed by atoms with E-state index in [-0.39, 0.29) is 11.9 Å². The molecule has 1 aliphatic rings. The molecule has 0 saturated heterocycles.